The maximum atomic E-state index is 13.3. The zero-order valence-corrected chi connectivity index (χ0v) is 37.0. The van der Waals surface area contributed by atoms with Gasteiger partial charge in [0.15, 0.2) is 0 Å². The van der Waals surface area contributed by atoms with Gasteiger partial charge in [-0.2, -0.15) is 22.0 Å². The molecule has 0 aliphatic heterocycles. The van der Waals surface area contributed by atoms with Gasteiger partial charge in [0.2, 0.25) is 5.91 Å². The highest BCUT2D eigenvalue weighted by Crippen LogP contribution is 2.62. The quantitative estimate of drug-likeness (QED) is 0.0681. The van der Waals surface area contributed by atoms with E-state index in [0.717, 1.165) is 88.2 Å². The number of aliphatic hydroxyl groups is 1. The minimum Gasteiger partial charge on any atom is -0.480 e. The third kappa shape index (κ3) is 12.8. The second-order valence-electron chi connectivity index (χ2n) is 18.5. The fourth-order valence-corrected chi connectivity index (χ4v) is 11.6. The molecule has 15 heteroatoms. The molecule has 9 nitrogen and oxygen atoms in total. The van der Waals surface area contributed by atoms with Crippen molar-refractivity contribution in [2.75, 3.05) is 11.5 Å². The molecule has 0 bridgehead atoms. The number of benzene rings is 2. The van der Waals surface area contributed by atoms with Gasteiger partial charge in [0.05, 0.1) is 6.10 Å². The summed E-state index contributed by atoms with van der Waals surface area (Å²) < 4.78 is 81.2. The average molecular weight is 897 g/mol. The number of carbonyl (C=O) groups is 3. The third-order valence-corrected chi connectivity index (χ3v) is 15.4. The summed E-state index contributed by atoms with van der Waals surface area (Å²) in [5.41, 5.74) is 3.04. The van der Waals surface area contributed by atoms with Crippen molar-refractivity contribution < 1.29 is 55.5 Å². The number of carboxylic acids is 1. The van der Waals surface area contributed by atoms with E-state index in [9.17, 15) is 50.8 Å². The number of hydrogen-bond donors (Lipinski definition) is 4. The zero-order chi connectivity index (χ0) is 45.2. The van der Waals surface area contributed by atoms with E-state index in [1.165, 1.54) is 5.56 Å². The van der Waals surface area contributed by atoms with Gasteiger partial charge in [0, 0.05) is 35.1 Å². The Bertz CT molecular complexity index is 1830. The Morgan fingerprint density at radius 2 is 1.55 bits per heavy atom. The van der Waals surface area contributed by atoms with Crippen LogP contribution in [-0.4, -0.2) is 74.2 Å². The van der Waals surface area contributed by atoms with Crippen LogP contribution in [0.2, 0.25) is 0 Å². The molecule has 0 aromatic heterocycles. The Balaban J connectivity index is 1.13. The van der Waals surface area contributed by atoms with Gasteiger partial charge in [-0.1, -0.05) is 95.7 Å². The Labute approximate surface area is 365 Å². The van der Waals surface area contributed by atoms with Crippen molar-refractivity contribution in [2.45, 2.75) is 160 Å². The van der Waals surface area contributed by atoms with Crippen molar-refractivity contribution in [1.82, 2.24) is 10.6 Å². The fourth-order valence-electron chi connectivity index (χ4n) is 10.4. The van der Waals surface area contributed by atoms with E-state index in [1.54, 1.807) is 44.2 Å². The molecule has 0 spiro atoms. The molecule has 2 aromatic rings. The lowest BCUT2D eigenvalue weighted by molar-refractivity contribution is -0.284. The summed E-state index contributed by atoms with van der Waals surface area (Å²) in [6.07, 6.45) is 3.66. The lowest BCUT2D eigenvalue weighted by Gasteiger charge is -2.53. The van der Waals surface area contributed by atoms with Crippen LogP contribution in [0.5, 0.6) is 5.75 Å². The van der Waals surface area contributed by atoms with Gasteiger partial charge in [0.25, 0.3) is 0 Å². The molecule has 0 radical (unpaired) electrons. The summed E-state index contributed by atoms with van der Waals surface area (Å²) in [5.74, 6) is -4.87. The number of fused-ring (bicyclic) bond motifs is 5. The second-order valence-corrected chi connectivity index (χ2v) is 20.2. The number of nitrogens with one attached hydrogen (secondary N) is 2. The van der Waals surface area contributed by atoms with Gasteiger partial charge in [-0.3, -0.25) is 9.00 Å². The van der Waals surface area contributed by atoms with Gasteiger partial charge in [-0.25, -0.2) is 9.59 Å². The average Bonchev–Trinajstić information content (AvgIpc) is 3.51. The van der Waals surface area contributed by atoms with Crippen molar-refractivity contribution in [3.05, 3.63) is 65.2 Å². The predicted molar refractivity (Wildman–Crippen MR) is 228 cm³/mol. The van der Waals surface area contributed by atoms with Crippen LogP contribution in [0.25, 0.3) is 0 Å². The first-order valence-corrected chi connectivity index (χ1v) is 24.0. The van der Waals surface area contributed by atoms with Crippen LogP contribution in [0.15, 0.2) is 48.5 Å². The number of carboxylic acid groups (broad SMARTS) is 1. The molecule has 4 N–H and O–H groups in total. The number of aliphatic carboxylic acids is 1. The molecule has 346 valence electrons. The Morgan fingerprint density at radius 1 is 0.887 bits per heavy atom. The summed E-state index contributed by atoms with van der Waals surface area (Å²) in [6, 6.07) is 12.6. The maximum absolute atomic E-state index is 13.3. The first-order valence-electron chi connectivity index (χ1n) is 22.5. The van der Waals surface area contributed by atoms with E-state index in [4.69, 9.17) is 4.74 Å². The number of aliphatic hydroxyl groups excluding tert-OH is 1. The third-order valence-electron chi connectivity index (χ3n) is 13.9. The maximum Gasteiger partial charge on any atom is 0.453 e. The topological polar surface area (TPSA) is 142 Å². The number of unbranched alkanes of at least 4 members (excludes halogenated alkanes) is 6. The molecule has 3 aliphatic carbocycles. The van der Waals surface area contributed by atoms with Crippen LogP contribution < -0.4 is 15.4 Å². The highest BCUT2D eigenvalue weighted by molar-refractivity contribution is 7.84. The molecule has 9 atom stereocenters. The number of rotatable bonds is 22. The van der Waals surface area contributed by atoms with Crippen LogP contribution in [-0.2, 0) is 33.2 Å². The number of alkyl halides is 5. The summed E-state index contributed by atoms with van der Waals surface area (Å²) in [6.45, 7) is 5.77. The van der Waals surface area contributed by atoms with Gasteiger partial charge in [-0.15, -0.1) is 0 Å². The monoisotopic (exact) mass is 896 g/mol. The van der Waals surface area contributed by atoms with E-state index < -0.39 is 65.8 Å². The second kappa shape index (κ2) is 21.9. The van der Waals surface area contributed by atoms with E-state index in [0.29, 0.717) is 41.6 Å². The van der Waals surface area contributed by atoms with Gasteiger partial charge >= 0.3 is 24.2 Å². The van der Waals surface area contributed by atoms with Crippen molar-refractivity contribution in [1.29, 1.82) is 0 Å². The Morgan fingerprint density at radius 3 is 2.21 bits per heavy atom. The van der Waals surface area contributed by atoms with Gasteiger partial charge in [0.1, 0.15) is 17.8 Å². The Hall–Kier alpha value is -3.59. The number of amides is 2. The molecule has 0 saturated heterocycles. The number of ether oxygens (including phenoxy) is 1. The summed E-state index contributed by atoms with van der Waals surface area (Å²) in [5, 5.41) is 26.2. The highest BCUT2D eigenvalue weighted by atomic mass is 32.2. The van der Waals surface area contributed by atoms with Crippen LogP contribution >= 0.6 is 0 Å². The predicted octanol–water partition coefficient (Wildman–Crippen LogP) is 9.90. The minimum absolute atomic E-state index is 0.0865. The highest BCUT2D eigenvalue weighted by Gasteiger charge is 2.57. The molecular weight excluding hydrogens is 832 g/mol. The smallest absolute Gasteiger partial charge is 0.453 e. The molecule has 0 heterocycles. The van der Waals surface area contributed by atoms with Gasteiger partial charge < -0.3 is 25.6 Å². The standard InChI is InChI=1S/C47H65F5N2O7S/c1-30(2)41(42(56)53-38(43(57)58)27-31-15-10-9-11-16-31)54-44(59)61-34-18-19-35-33(29-34)28-32(40-36(35)22-24-45(3)37(40)20-21-39(45)55)17-12-7-5-4-6-8-13-25-62(60)26-14-23-46(48,49)47(50,51)52/h9-11,15-16,18-19,29-30,32,36-41,55H,4-8,12-14,17,20-28H2,1-3H3,(H,53,56)(H,54,59)(H,57,58)/t32-,36?,37+,38+,39+,40-,41+,45+,62?/m1/s1. The molecule has 3 aliphatic rings. The molecule has 62 heavy (non-hydrogen) atoms. The Kier molecular flexibility index (Phi) is 17.4. The van der Waals surface area contributed by atoms with Crippen molar-refractivity contribution in [3.63, 3.8) is 0 Å². The van der Waals surface area contributed by atoms with Crippen LogP contribution in [0, 0.1) is 29.1 Å². The first kappa shape index (κ1) is 49.4. The summed E-state index contributed by atoms with van der Waals surface area (Å²) in [4.78, 5) is 38.7. The summed E-state index contributed by atoms with van der Waals surface area (Å²) >= 11 is 0. The molecule has 5 rings (SSSR count). The van der Waals surface area contributed by atoms with Crippen LogP contribution in [0.3, 0.4) is 0 Å². The van der Waals surface area contributed by atoms with E-state index in [2.05, 4.69) is 23.6 Å². The molecule has 2 aromatic carbocycles. The van der Waals surface area contributed by atoms with Gasteiger partial charge in [-0.05, 0) is 115 Å². The number of carbonyl (C=O) groups excluding carboxylic acids is 2. The van der Waals surface area contributed by atoms with Crippen molar-refractivity contribution in [3.8, 4) is 5.75 Å². The van der Waals surface area contributed by atoms with Crippen molar-refractivity contribution in [2.24, 2.45) is 29.1 Å². The molecule has 2 fully saturated rings. The molecule has 2 amide bonds. The molecule has 2 saturated carbocycles. The lowest BCUT2D eigenvalue weighted by Crippen LogP contribution is -2.54. The van der Waals surface area contributed by atoms with E-state index >= 15 is 0 Å². The van der Waals surface area contributed by atoms with E-state index in [-0.39, 0.29) is 29.6 Å². The number of halogens is 5. The zero-order valence-electron chi connectivity index (χ0n) is 36.2. The van der Waals surface area contributed by atoms with E-state index in [1.807, 2.05) is 12.1 Å². The van der Waals surface area contributed by atoms with Crippen LogP contribution in [0.1, 0.15) is 133 Å². The SMILES string of the molecule is CC(C)[C@H](NC(=O)Oc1ccc2c(c1)C[C@@H](CCCCCCCCCS(=O)CCCC(F)(F)C(F)(F)F)[C@@H]1C2CC[C@]2(C)[C@@H](O)CC[C@@H]12)C(=O)N[C@@H](Cc1ccccc1)C(=O)O. The normalized spacial score (nSPS) is 24.9. The minimum atomic E-state index is -5.58. The molecular formula is C47H65F5N2O7S. The fraction of sp³-hybridized carbons (Fsp3) is 0.681. The van der Waals surface area contributed by atoms with Crippen LogP contribution in [0.4, 0.5) is 26.7 Å². The van der Waals surface area contributed by atoms with Crippen molar-refractivity contribution >= 4 is 28.8 Å². The summed E-state index contributed by atoms with van der Waals surface area (Å²) in [7, 11) is -1.42. The largest absolute Gasteiger partial charge is 0.480 e. The first-order chi connectivity index (χ1) is 29.3. The number of hydrogen-bond acceptors (Lipinski definition) is 6. The molecule has 2 unspecified atom stereocenters. The lowest BCUT2D eigenvalue weighted by atomic mass is 9.52.